The second-order valence-electron chi connectivity index (χ2n) is 2.96. The van der Waals surface area contributed by atoms with E-state index in [1.807, 2.05) is 58.9 Å². The Morgan fingerprint density at radius 1 is 0.842 bits per heavy atom. The molecule has 0 heterocycles. The third-order valence-electron chi connectivity index (χ3n) is 1.69. The molecule has 3 N–H and O–H groups in total. The van der Waals surface area contributed by atoms with Crippen LogP contribution in [-0.2, 0) is 0 Å². The smallest absolute Gasteiger partial charge is 0.170 e. The molecule has 108 valence electrons. The van der Waals surface area contributed by atoms with Gasteiger partial charge < -0.3 is 16.0 Å². The summed E-state index contributed by atoms with van der Waals surface area (Å²) in [6.07, 6.45) is 0. The summed E-state index contributed by atoms with van der Waals surface area (Å²) >= 11 is 9.92. The lowest BCUT2D eigenvalue weighted by Gasteiger charge is -2.08. The average molecular weight is 300 g/mol. The monoisotopic (exact) mass is 299 g/mol. The highest BCUT2D eigenvalue weighted by Crippen LogP contribution is 2.13. The molecular weight excluding hydrogens is 274 g/mol. The quantitative estimate of drug-likeness (QED) is 0.705. The van der Waals surface area contributed by atoms with Crippen molar-refractivity contribution < 1.29 is 0 Å². The summed E-state index contributed by atoms with van der Waals surface area (Å²) in [6, 6.07) is 7.75. The van der Waals surface area contributed by atoms with Crippen molar-refractivity contribution in [2.75, 3.05) is 17.7 Å². The summed E-state index contributed by atoms with van der Waals surface area (Å²) in [5, 5.41) is 9.53. The minimum Gasteiger partial charge on any atom is -0.366 e. The van der Waals surface area contributed by atoms with Crippen LogP contribution in [0, 0.1) is 0 Å². The van der Waals surface area contributed by atoms with E-state index in [0.29, 0.717) is 5.11 Å². The first-order valence-electron chi connectivity index (χ1n) is 6.48. The topological polar surface area (TPSA) is 36.1 Å². The van der Waals surface area contributed by atoms with E-state index < -0.39 is 0 Å². The summed E-state index contributed by atoms with van der Waals surface area (Å²) in [7, 11) is 1.78. The van der Waals surface area contributed by atoms with Crippen molar-refractivity contribution in [3.63, 3.8) is 0 Å². The molecule has 1 aromatic rings. The van der Waals surface area contributed by atoms with Gasteiger partial charge in [-0.2, -0.15) is 0 Å². The fourth-order valence-electron chi connectivity index (χ4n) is 1.03. The zero-order valence-corrected chi connectivity index (χ0v) is 14.3. The molecule has 0 atom stereocenters. The molecule has 0 fully saturated rings. The highest BCUT2D eigenvalue weighted by molar-refractivity contribution is 7.80. The van der Waals surface area contributed by atoms with E-state index in [-0.39, 0.29) is 0 Å². The Bertz CT molecular complexity index is 361. The van der Waals surface area contributed by atoms with Crippen LogP contribution in [-0.4, -0.2) is 17.1 Å². The van der Waals surface area contributed by atoms with Crippen molar-refractivity contribution >= 4 is 45.9 Å². The number of rotatable bonds is 2. The molecule has 3 nitrogen and oxygen atoms in total. The van der Waals surface area contributed by atoms with Crippen LogP contribution in [0.5, 0.6) is 0 Å². The van der Waals surface area contributed by atoms with Gasteiger partial charge in [0.05, 0.1) is 4.99 Å². The van der Waals surface area contributed by atoms with E-state index in [9.17, 15) is 0 Å². The SMILES string of the molecule is CC.CC.CNC(=S)Nc1ccc(NC(C)=S)cc1. The van der Waals surface area contributed by atoms with Crippen LogP contribution in [0.25, 0.3) is 0 Å². The van der Waals surface area contributed by atoms with Crippen LogP contribution in [0.1, 0.15) is 34.6 Å². The minimum atomic E-state index is 0.599. The Balaban J connectivity index is 0. The van der Waals surface area contributed by atoms with Gasteiger partial charge in [-0.1, -0.05) is 39.9 Å². The molecule has 0 saturated heterocycles. The molecule has 0 bridgehead atoms. The summed E-state index contributed by atoms with van der Waals surface area (Å²) in [5.41, 5.74) is 1.92. The number of nitrogens with one attached hydrogen (secondary N) is 3. The molecule has 0 radical (unpaired) electrons. The maximum atomic E-state index is 4.98. The van der Waals surface area contributed by atoms with Crippen molar-refractivity contribution in [3.05, 3.63) is 24.3 Å². The first-order valence-corrected chi connectivity index (χ1v) is 7.30. The Morgan fingerprint density at radius 2 is 1.21 bits per heavy atom. The Labute approximate surface area is 128 Å². The number of hydrogen-bond donors (Lipinski definition) is 3. The molecule has 0 amide bonds. The number of hydrogen-bond acceptors (Lipinski definition) is 2. The van der Waals surface area contributed by atoms with Gasteiger partial charge in [0.2, 0.25) is 0 Å². The second kappa shape index (κ2) is 13.2. The van der Waals surface area contributed by atoms with Crippen LogP contribution in [0.2, 0.25) is 0 Å². The van der Waals surface area contributed by atoms with Gasteiger partial charge in [-0.15, -0.1) is 0 Å². The number of anilines is 2. The van der Waals surface area contributed by atoms with E-state index in [1.165, 1.54) is 0 Å². The third-order valence-corrected chi connectivity index (χ3v) is 2.10. The van der Waals surface area contributed by atoms with Gasteiger partial charge in [0.1, 0.15) is 0 Å². The van der Waals surface area contributed by atoms with Gasteiger partial charge in [0, 0.05) is 18.4 Å². The first kappa shape index (κ1) is 20.1. The Hall–Kier alpha value is -1.20. The lowest BCUT2D eigenvalue weighted by molar-refractivity contribution is 1.20. The summed E-state index contributed by atoms with van der Waals surface area (Å²) in [6.45, 7) is 9.84. The van der Waals surface area contributed by atoms with Crippen molar-refractivity contribution in [1.29, 1.82) is 0 Å². The number of thiocarbonyl (C=S) groups is 2. The molecule has 5 heteroatoms. The van der Waals surface area contributed by atoms with E-state index in [4.69, 9.17) is 24.4 Å². The van der Waals surface area contributed by atoms with Gasteiger partial charge in [-0.25, -0.2) is 0 Å². The predicted octanol–water partition coefficient (Wildman–Crippen LogP) is 4.41. The largest absolute Gasteiger partial charge is 0.366 e. The van der Waals surface area contributed by atoms with Crippen molar-refractivity contribution in [3.8, 4) is 0 Å². The molecule has 0 unspecified atom stereocenters. The van der Waals surface area contributed by atoms with Crippen molar-refractivity contribution in [1.82, 2.24) is 5.32 Å². The standard InChI is InChI=1S/C10H13N3S2.2C2H6/c1-7(14)12-8-3-5-9(6-4-8)13-10(15)11-2;2*1-2/h3-6H,1-2H3,(H,12,14)(H2,11,13,15);2*1-2H3. The van der Waals surface area contributed by atoms with Crippen LogP contribution >= 0.6 is 24.4 Å². The lowest BCUT2D eigenvalue weighted by atomic mass is 10.3. The van der Waals surface area contributed by atoms with Gasteiger partial charge in [0.15, 0.2) is 5.11 Å². The Morgan fingerprint density at radius 3 is 1.53 bits per heavy atom. The maximum Gasteiger partial charge on any atom is 0.170 e. The molecule has 0 saturated carbocycles. The average Bonchev–Trinajstić information content (AvgIpc) is 2.45. The molecule has 0 aromatic heterocycles. The highest BCUT2D eigenvalue weighted by atomic mass is 32.1. The van der Waals surface area contributed by atoms with Gasteiger partial charge in [0.25, 0.3) is 0 Å². The van der Waals surface area contributed by atoms with E-state index in [1.54, 1.807) is 7.05 Å². The van der Waals surface area contributed by atoms with E-state index in [2.05, 4.69) is 16.0 Å². The van der Waals surface area contributed by atoms with Crippen LogP contribution in [0.15, 0.2) is 24.3 Å². The molecule has 0 aliphatic rings. The zero-order chi connectivity index (χ0) is 15.3. The number of benzene rings is 1. The van der Waals surface area contributed by atoms with Crippen molar-refractivity contribution in [2.45, 2.75) is 34.6 Å². The molecule has 1 aromatic carbocycles. The normalized spacial score (nSPS) is 7.89. The van der Waals surface area contributed by atoms with E-state index >= 15 is 0 Å². The van der Waals surface area contributed by atoms with Gasteiger partial charge in [-0.05, 0) is 43.4 Å². The summed E-state index contributed by atoms with van der Waals surface area (Å²) < 4.78 is 0. The molecular formula is C14H25N3S2. The molecule has 0 aliphatic carbocycles. The maximum absolute atomic E-state index is 4.98. The van der Waals surface area contributed by atoms with Gasteiger partial charge >= 0.3 is 0 Å². The van der Waals surface area contributed by atoms with Crippen molar-refractivity contribution in [2.24, 2.45) is 0 Å². The minimum absolute atomic E-state index is 0.599. The fraction of sp³-hybridized carbons (Fsp3) is 0.429. The first-order chi connectivity index (χ1) is 9.11. The summed E-state index contributed by atoms with van der Waals surface area (Å²) in [4.78, 5) is 0.751. The Kier molecular flexibility index (Phi) is 14.0. The molecule has 1 rings (SSSR count). The summed E-state index contributed by atoms with van der Waals surface area (Å²) in [5.74, 6) is 0. The van der Waals surface area contributed by atoms with Crippen LogP contribution in [0.4, 0.5) is 11.4 Å². The second-order valence-corrected chi connectivity index (χ2v) is 3.98. The molecule has 0 aliphatic heterocycles. The zero-order valence-electron chi connectivity index (χ0n) is 12.6. The molecule has 19 heavy (non-hydrogen) atoms. The third kappa shape index (κ3) is 10.4. The van der Waals surface area contributed by atoms with Crippen LogP contribution < -0.4 is 16.0 Å². The van der Waals surface area contributed by atoms with Gasteiger partial charge in [-0.3, -0.25) is 0 Å². The predicted molar refractivity (Wildman–Crippen MR) is 96.3 cm³/mol. The molecule has 0 spiro atoms. The highest BCUT2D eigenvalue weighted by Gasteiger charge is 1.96. The van der Waals surface area contributed by atoms with E-state index in [0.717, 1.165) is 16.4 Å². The fourth-order valence-corrected chi connectivity index (χ4v) is 1.27. The van der Waals surface area contributed by atoms with Crippen LogP contribution in [0.3, 0.4) is 0 Å². The lowest BCUT2D eigenvalue weighted by Crippen LogP contribution is -2.24.